The Labute approximate surface area is 92.1 Å². The number of esters is 1. The highest BCUT2D eigenvalue weighted by Crippen LogP contribution is 2.15. The first-order chi connectivity index (χ1) is 7.56. The maximum absolute atomic E-state index is 12.5. The van der Waals surface area contributed by atoms with Crippen LogP contribution in [0.3, 0.4) is 0 Å². The number of aliphatic hydroxyl groups is 1. The van der Waals surface area contributed by atoms with Crippen molar-refractivity contribution in [3.63, 3.8) is 0 Å². The normalized spacial score (nSPS) is 14.2. The molecule has 0 radical (unpaired) electrons. The molecule has 1 aromatic heterocycles. The highest BCUT2D eigenvalue weighted by molar-refractivity contribution is 5.76. The van der Waals surface area contributed by atoms with Gasteiger partial charge in [-0.15, -0.1) is 0 Å². The van der Waals surface area contributed by atoms with Crippen LogP contribution in [-0.4, -0.2) is 28.7 Å². The molecule has 1 rings (SSSR count). The summed E-state index contributed by atoms with van der Waals surface area (Å²) in [5.41, 5.74) is 5.74. The van der Waals surface area contributed by atoms with E-state index in [1.807, 2.05) is 0 Å². The fourth-order valence-corrected chi connectivity index (χ4v) is 1.14. The van der Waals surface area contributed by atoms with Gasteiger partial charge in [-0.05, 0) is 13.0 Å². The first-order valence-electron chi connectivity index (χ1n) is 4.78. The molecule has 3 N–H and O–H groups in total. The minimum absolute atomic E-state index is 0.181. The second-order valence-corrected chi connectivity index (χ2v) is 3.14. The van der Waals surface area contributed by atoms with E-state index in [0.29, 0.717) is 0 Å². The lowest BCUT2D eigenvalue weighted by Gasteiger charge is -2.17. The second kappa shape index (κ2) is 5.53. The molecule has 0 aliphatic rings. The van der Waals surface area contributed by atoms with Crippen LogP contribution in [0.4, 0.5) is 4.39 Å². The smallest absolute Gasteiger partial charge is 0.325 e. The number of carbonyl (C=O) groups excluding carboxylic acids is 1. The topological polar surface area (TPSA) is 85.4 Å². The van der Waals surface area contributed by atoms with Crippen molar-refractivity contribution in [1.29, 1.82) is 0 Å². The predicted octanol–water partition coefficient (Wildman–Crippen LogP) is 0.144. The summed E-state index contributed by atoms with van der Waals surface area (Å²) in [6.07, 6.45) is -0.133. The van der Waals surface area contributed by atoms with Crippen LogP contribution in [0.2, 0.25) is 0 Å². The van der Waals surface area contributed by atoms with Crippen molar-refractivity contribution in [1.82, 2.24) is 4.98 Å². The van der Waals surface area contributed by atoms with E-state index in [2.05, 4.69) is 9.72 Å². The van der Waals surface area contributed by atoms with Crippen LogP contribution in [0.15, 0.2) is 18.3 Å². The summed E-state index contributed by atoms with van der Waals surface area (Å²) in [4.78, 5) is 14.6. The van der Waals surface area contributed by atoms with E-state index in [1.54, 1.807) is 6.92 Å². The Hall–Kier alpha value is -1.53. The van der Waals surface area contributed by atoms with Gasteiger partial charge in [0.15, 0.2) is 0 Å². The first kappa shape index (κ1) is 12.5. The van der Waals surface area contributed by atoms with Gasteiger partial charge in [0.1, 0.15) is 12.1 Å². The third kappa shape index (κ3) is 2.98. The summed E-state index contributed by atoms with van der Waals surface area (Å²) in [6, 6.07) is 1.19. The van der Waals surface area contributed by atoms with Crippen LogP contribution in [-0.2, 0) is 9.53 Å². The zero-order valence-corrected chi connectivity index (χ0v) is 8.76. The maximum atomic E-state index is 12.5. The van der Waals surface area contributed by atoms with Crippen molar-refractivity contribution in [2.24, 2.45) is 5.73 Å². The predicted molar refractivity (Wildman–Crippen MR) is 53.8 cm³/mol. The summed E-state index contributed by atoms with van der Waals surface area (Å²) >= 11 is 0. The van der Waals surface area contributed by atoms with Crippen LogP contribution < -0.4 is 5.73 Å². The van der Waals surface area contributed by atoms with Crippen LogP contribution in [0.5, 0.6) is 0 Å². The lowest BCUT2D eigenvalue weighted by atomic mass is 10.1. The van der Waals surface area contributed by atoms with Crippen LogP contribution in [0, 0.1) is 5.95 Å². The molecule has 0 aliphatic carbocycles. The molecule has 6 heteroatoms. The number of pyridine rings is 1. The highest BCUT2D eigenvalue weighted by Gasteiger charge is 2.25. The fraction of sp³-hybridized carbons (Fsp3) is 0.400. The molecule has 88 valence electrons. The number of aromatic nitrogens is 1. The van der Waals surface area contributed by atoms with Crippen LogP contribution in [0.25, 0.3) is 0 Å². The second-order valence-electron chi connectivity index (χ2n) is 3.14. The number of carbonyl (C=O) groups is 1. The summed E-state index contributed by atoms with van der Waals surface area (Å²) in [7, 11) is 0. The minimum Gasteiger partial charge on any atom is -0.465 e. The number of ether oxygens (including phenoxy) is 1. The molecule has 0 fully saturated rings. The number of hydrogen-bond donors (Lipinski definition) is 2. The number of aliphatic hydroxyl groups excluding tert-OH is 1. The lowest BCUT2D eigenvalue weighted by Crippen LogP contribution is -2.38. The fourth-order valence-electron chi connectivity index (χ4n) is 1.14. The Morgan fingerprint density at radius 1 is 1.69 bits per heavy atom. The number of nitrogens with zero attached hydrogens (tertiary/aromatic N) is 1. The zero-order valence-electron chi connectivity index (χ0n) is 8.76. The Bertz CT molecular complexity index is 356. The average Bonchev–Trinajstić information content (AvgIpc) is 2.28. The van der Waals surface area contributed by atoms with Crippen molar-refractivity contribution in [3.8, 4) is 0 Å². The summed E-state index contributed by atoms with van der Waals surface area (Å²) < 4.78 is 17.2. The van der Waals surface area contributed by atoms with Crippen molar-refractivity contribution in [2.45, 2.75) is 19.1 Å². The van der Waals surface area contributed by atoms with Crippen molar-refractivity contribution >= 4 is 5.97 Å². The molecule has 5 nitrogen and oxygen atoms in total. The summed E-state index contributed by atoms with van der Waals surface area (Å²) in [5, 5.41) is 9.69. The molecular formula is C10H13FN2O3. The first-order valence-corrected chi connectivity index (χ1v) is 4.78. The van der Waals surface area contributed by atoms with Gasteiger partial charge in [-0.2, -0.15) is 4.39 Å². The van der Waals surface area contributed by atoms with Crippen molar-refractivity contribution in [2.75, 3.05) is 6.61 Å². The van der Waals surface area contributed by atoms with E-state index in [1.165, 1.54) is 6.07 Å². The Morgan fingerprint density at radius 3 is 2.88 bits per heavy atom. The molecule has 0 unspecified atom stereocenters. The standard InChI is InChI=1S/C10H13FN2O3/c1-2-16-10(15)8(12)9(14)6-3-4-7(11)13-5-6/h3-5,8-9,14H,2,12H2,1H3/t8-,9-/m0/s1. The molecule has 0 amide bonds. The molecule has 1 aromatic rings. The third-order valence-electron chi connectivity index (χ3n) is 1.99. The van der Waals surface area contributed by atoms with E-state index in [4.69, 9.17) is 5.73 Å². The quantitative estimate of drug-likeness (QED) is 0.565. The lowest BCUT2D eigenvalue weighted by molar-refractivity contribution is -0.147. The maximum Gasteiger partial charge on any atom is 0.325 e. The van der Waals surface area contributed by atoms with Crippen molar-refractivity contribution in [3.05, 3.63) is 29.8 Å². The van der Waals surface area contributed by atoms with E-state index in [9.17, 15) is 14.3 Å². The molecule has 0 spiro atoms. The SMILES string of the molecule is CCOC(=O)[C@@H](N)[C@@H](O)c1ccc(F)nc1. The number of rotatable bonds is 4. The van der Waals surface area contributed by atoms with E-state index < -0.39 is 24.1 Å². The molecule has 16 heavy (non-hydrogen) atoms. The van der Waals surface area contributed by atoms with Gasteiger partial charge >= 0.3 is 5.97 Å². The minimum atomic E-state index is -1.26. The van der Waals surface area contributed by atoms with Gasteiger partial charge in [0.2, 0.25) is 5.95 Å². The Balaban J connectivity index is 2.73. The van der Waals surface area contributed by atoms with Crippen LogP contribution >= 0.6 is 0 Å². The average molecular weight is 228 g/mol. The molecule has 0 aromatic carbocycles. The molecule has 0 bridgehead atoms. The van der Waals surface area contributed by atoms with Crippen LogP contribution in [0.1, 0.15) is 18.6 Å². The molecule has 0 saturated carbocycles. The number of nitrogens with two attached hydrogens (primary N) is 1. The Morgan fingerprint density at radius 2 is 2.38 bits per heavy atom. The summed E-state index contributed by atoms with van der Waals surface area (Å²) in [5.74, 6) is -1.38. The number of halogens is 1. The van der Waals surface area contributed by atoms with Gasteiger partial charge in [-0.3, -0.25) is 4.79 Å². The van der Waals surface area contributed by atoms with Gasteiger partial charge in [0, 0.05) is 11.8 Å². The van der Waals surface area contributed by atoms with E-state index in [0.717, 1.165) is 12.3 Å². The van der Waals surface area contributed by atoms with Gasteiger partial charge < -0.3 is 15.6 Å². The van der Waals surface area contributed by atoms with Gasteiger partial charge in [-0.1, -0.05) is 6.07 Å². The summed E-state index contributed by atoms with van der Waals surface area (Å²) in [6.45, 7) is 1.82. The monoisotopic (exact) mass is 228 g/mol. The van der Waals surface area contributed by atoms with Gasteiger partial charge in [-0.25, -0.2) is 4.98 Å². The number of hydrogen-bond acceptors (Lipinski definition) is 5. The molecule has 2 atom stereocenters. The highest BCUT2D eigenvalue weighted by atomic mass is 19.1. The Kier molecular flexibility index (Phi) is 4.33. The molecular weight excluding hydrogens is 215 g/mol. The van der Waals surface area contributed by atoms with Gasteiger partial charge in [0.25, 0.3) is 0 Å². The van der Waals surface area contributed by atoms with E-state index in [-0.39, 0.29) is 12.2 Å². The molecule has 0 aliphatic heterocycles. The zero-order chi connectivity index (χ0) is 12.1. The van der Waals surface area contributed by atoms with Gasteiger partial charge in [0.05, 0.1) is 6.61 Å². The molecule has 1 heterocycles. The van der Waals surface area contributed by atoms with E-state index >= 15 is 0 Å². The van der Waals surface area contributed by atoms with Crippen molar-refractivity contribution < 1.29 is 19.0 Å². The largest absolute Gasteiger partial charge is 0.465 e. The third-order valence-corrected chi connectivity index (χ3v) is 1.99. The molecule has 0 saturated heterocycles.